The minimum absolute atomic E-state index is 0.00909. The maximum absolute atomic E-state index is 11.8. The van der Waals surface area contributed by atoms with Crippen molar-refractivity contribution in [1.82, 2.24) is 0 Å². The molecule has 2 rings (SSSR count). The van der Waals surface area contributed by atoms with Gasteiger partial charge in [-0.3, -0.25) is 9.59 Å². The molecule has 9 heteroatoms. The zero-order valence-corrected chi connectivity index (χ0v) is 23.5. The highest BCUT2D eigenvalue weighted by Crippen LogP contribution is 2.38. The number of carboxylic acids is 1. The van der Waals surface area contributed by atoms with Crippen LogP contribution in [0.4, 0.5) is 0 Å². The van der Waals surface area contributed by atoms with Crippen molar-refractivity contribution in [1.29, 1.82) is 0 Å². The second-order valence-electron chi connectivity index (χ2n) is 9.33. The highest BCUT2D eigenvalue weighted by molar-refractivity contribution is 7.99. The van der Waals surface area contributed by atoms with Crippen LogP contribution in [0.1, 0.15) is 86.5 Å². The van der Waals surface area contributed by atoms with Crippen LogP contribution < -0.4 is 9.47 Å². The van der Waals surface area contributed by atoms with Crippen molar-refractivity contribution in [3.8, 4) is 17.2 Å². The molecule has 0 bridgehead atoms. The molecule has 2 aromatic carbocycles. The van der Waals surface area contributed by atoms with E-state index in [2.05, 4.69) is 0 Å². The van der Waals surface area contributed by atoms with Gasteiger partial charge in [0.25, 0.3) is 0 Å². The summed E-state index contributed by atoms with van der Waals surface area (Å²) in [5, 5.41) is 39.6. The van der Waals surface area contributed by atoms with Crippen LogP contribution in [0.2, 0.25) is 0 Å². The fraction of sp³-hybridized carbons (Fsp3) is 0.517. The molecule has 0 aromatic heterocycles. The second-order valence-corrected chi connectivity index (χ2v) is 10.5. The number of thioether (sulfide) groups is 1. The van der Waals surface area contributed by atoms with Crippen molar-refractivity contribution in [2.24, 2.45) is 0 Å². The van der Waals surface area contributed by atoms with Gasteiger partial charge in [-0.2, -0.15) is 0 Å². The first-order valence-electron chi connectivity index (χ1n) is 13.0. The molecule has 38 heavy (non-hydrogen) atoms. The number of benzene rings is 2. The molecule has 0 amide bonds. The van der Waals surface area contributed by atoms with E-state index in [0.29, 0.717) is 54.2 Å². The number of ether oxygens (including phenoxy) is 2. The summed E-state index contributed by atoms with van der Waals surface area (Å²) in [6.07, 6.45) is 1.44. The molecule has 0 radical (unpaired) electrons. The normalized spacial score (nSPS) is 12.7. The standard InChI is InChI=1S/C29H40O8S/c1-5-8-23-25(12-10-22(20(4)32)29(23)37-14-6-9-27(33)34)36-15-7-16-38-26-13-11-21(19(3)31)28(35)24(26)17-18(2)30/h10-13,18,20,30,32,35H,5-9,14-17H2,1-4H3,(H,33,34). The summed E-state index contributed by atoms with van der Waals surface area (Å²) in [6, 6.07) is 7.04. The van der Waals surface area contributed by atoms with E-state index in [0.717, 1.165) is 16.9 Å². The summed E-state index contributed by atoms with van der Waals surface area (Å²) in [7, 11) is 0. The van der Waals surface area contributed by atoms with Crippen molar-refractivity contribution in [2.45, 2.75) is 83.3 Å². The van der Waals surface area contributed by atoms with Gasteiger partial charge in [0.1, 0.15) is 17.2 Å². The smallest absolute Gasteiger partial charge is 0.303 e. The van der Waals surface area contributed by atoms with Crippen LogP contribution in [0.15, 0.2) is 29.2 Å². The van der Waals surface area contributed by atoms with Gasteiger partial charge in [-0.25, -0.2) is 0 Å². The van der Waals surface area contributed by atoms with E-state index in [9.17, 15) is 24.9 Å². The Morgan fingerprint density at radius 3 is 2.32 bits per heavy atom. The molecule has 0 spiro atoms. The first-order valence-corrected chi connectivity index (χ1v) is 14.0. The Balaban J connectivity index is 2.09. The van der Waals surface area contributed by atoms with Crippen LogP contribution in [0.5, 0.6) is 17.2 Å². The van der Waals surface area contributed by atoms with Crippen LogP contribution in [0.25, 0.3) is 0 Å². The lowest BCUT2D eigenvalue weighted by molar-refractivity contribution is -0.137. The van der Waals surface area contributed by atoms with E-state index in [-0.39, 0.29) is 36.5 Å². The van der Waals surface area contributed by atoms with Crippen molar-refractivity contribution >= 4 is 23.5 Å². The third-order valence-corrected chi connectivity index (χ3v) is 7.09. The number of carbonyl (C=O) groups excluding carboxylic acids is 1. The Kier molecular flexibility index (Phi) is 12.9. The van der Waals surface area contributed by atoms with E-state index < -0.39 is 18.2 Å². The van der Waals surface area contributed by atoms with Gasteiger partial charge in [0.15, 0.2) is 5.78 Å². The largest absolute Gasteiger partial charge is 0.507 e. The third-order valence-electron chi connectivity index (χ3n) is 5.90. The number of Topliss-reactive ketones (excluding diaryl/α,β-unsaturated/α-hetero) is 1. The van der Waals surface area contributed by atoms with Crippen LogP contribution >= 0.6 is 11.8 Å². The van der Waals surface area contributed by atoms with Gasteiger partial charge in [0, 0.05) is 40.2 Å². The van der Waals surface area contributed by atoms with Crippen molar-refractivity contribution in [3.63, 3.8) is 0 Å². The van der Waals surface area contributed by atoms with E-state index in [4.69, 9.17) is 14.6 Å². The van der Waals surface area contributed by atoms with Crippen LogP contribution in [0, 0.1) is 0 Å². The molecule has 0 saturated carbocycles. The number of hydrogen-bond donors (Lipinski definition) is 4. The summed E-state index contributed by atoms with van der Waals surface area (Å²) in [5.41, 5.74) is 2.32. The topological polar surface area (TPSA) is 134 Å². The number of hydrogen-bond acceptors (Lipinski definition) is 8. The van der Waals surface area contributed by atoms with Crippen LogP contribution in [-0.4, -0.2) is 57.2 Å². The molecule has 0 fully saturated rings. The molecule has 4 N–H and O–H groups in total. The average molecular weight is 549 g/mol. The lowest BCUT2D eigenvalue weighted by atomic mass is 10.0. The molecule has 2 unspecified atom stereocenters. The number of aliphatic hydroxyl groups excluding tert-OH is 2. The number of ketones is 1. The number of rotatable bonds is 17. The summed E-state index contributed by atoms with van der Waals surface area (Å²) in [4.78, 5) is 23.5. The van der Waals surface area contributed by atoms with Gasteiger partial charge in [-0.05, 0) is 64.3 Å². The summed E-state index contributed by atoms with van der Waals surface area (Å²) >= 11 is 1.53. The van der Waals surface area contributed by atoms with Gasteiger partial charge in [0.2, 0.25) is 0 Å². The first kappa shape index (κ1) is 31.5. The highest BCUT2D eigenvalue weighted by Gasteiger charge is 2.20. The van der Waals surface area contributed by atoms with Crippen LogP contribution in [0.3, 0.4) is 0 Å². The second kappa shape index (κ2) is 15.6. The Hall–Kier alpha value is -2.75. The Morgan fingerprint density at radius 1 is 1.00 bits per heavy atom. The lowest BCUT2D eigenvalue weighted by Crippen LogP contribution is -2.10. The molecule has 2 aromatic rings. The Morgan fingerprint density at radius 2 is 1.71 bits per heavy atom. The van der Waals surface area contributed by atoms with Gasteiger partial charge >= 0.3 is 5.97 Å². The molecule has 0 saturated heterocycles. The number of aromatic hydroxyl groups is 1. The summed E-state index contributed by atoms with van der Waals surface area (Å²) < 4.78 is 12.1. The first-order chi connectivity index (χ1) is 18.1. The number of aliphatic carboxylic acids is 1. The number of carboxylic acid groups (broad SMARTS) is 1. The van der Waals surface area contributed by atoms with Crippen molar-refractivity contribution < 1.29 is 39.5 Å². The average Bonchev–Trinajstić information content (AvgIpc) is 2.84. The van der Waals surface area contributed by atoms with Gasteiger partial charge < -0.3 is 29.9 Å². The number of aliphatic hydroxyl groups is 2. The Bertz CT molecular complexity index is 1080. The Labute approximate surface area is 229 Å². The quantitative estimate of drug-likeness (QED) is 0.118. The summed E-state index contributed by atoms with van der Waals surface area (Å²) in [5.74, 6) is 0.748. The fourth-order valence-electron chi connectivity index (χ4n) is 4.10. The van der Waals surface area contributed by atoms with E-state index in [1.54, 1.807) is 26.0 Å². The van der Waals surface area contributed by atoms with Crippen molar-refractivity contribution in [2.75, 3.05) is 19.0 Å². The van der Waals surface area contributed by atoms with E-state index in [1.807, 2.05) is 19.1 Å². The molecular weight excluding hydrogens is 508 g/mol. The van der Waals surface area contributed by atoms with E-state index in [1.165, 1.54) is 18.7 Å². The monoisotopic (exact) mass is 548 g/mol. The van der Waals surface area contributed by atoms with Gasteiger partial charge in [-0.15, -0.1) is 11.8 Å². The number of phenolic OH excluding ortho intramolecular Hbond substituents is 1. The molecule has 0 heterocycles. The molecule has 0 aliphatic heterocycles. The molecule has 8 nitrogen and oxygen atoms in total. The minimum Gasteiger partial charge on any atom is -0.507 e. The number of carbonyl (C=O) groups is 2. The molecular formula is C29H40O8S. The molecule has 2 atom stereocenters. The SMILES string of the molecule is CCCc1c(OCCCSc2ccc(C(C)=O)c(O)c2CC(C)O)ccc(C(C)O)c1OCCCC(=O)O. The zero-order valence-electron chi connectivity index (χ0n) is 22.7. The maximum atomic E-state index is 11.8. The van der Waals surface area contributed by atoms with Gasteiger partial charge in [-0.1, -0.05) is 13.3 Å². The maximum Gasteiger partial charge on any atom is 0.303 e. The van der Waals surface area contributed by atoms with Crippen LogP contribution in [-0.2, 0) is 17.6 Å². The van der Waals surface area contributed by atoms with Gasteiger partial charge in [0.05, 0.1) is 31.0 Å². The van der Waals surface area contributed by atoms with Crippen molar-refractivity contribution in [3.05, 3.63) is 46.5 Å². The zero-order chi connectivity index (χ0) is 28.2. The summed E-state index contributed by atoms with van der Waals surface area (Å²) in [6.45, 7) is 7.41. The molecule has 210 valence electrons. The lowest BCUT2D eigenvalue weighted by Gasteiger charge is -2.21. The molecule has 0 aliphatic rings. The predicted molar refractivity (Wildman–Crippen MR) is 148 cm³/mol. The highest BCUT2D eigenvalue weighted by atomic mass is 32.2. The van der Waals surface area contributed by atoms with E-state index >= 15 is 0 Å². The predicted octanol–water partition coefficient (Wildman–Crippen LogP) is 5.33. The minimum atomic E-state index is -0.879. The molecule has 0 aliphatic carbocycles. The fourth-order valence-corrected chi connectivity index (χ4v) is 5.10. The number of phenols is 1. The third kappa shape index (κ3) is 9.22.